The van der Waals surface area contributed by atoms with Crippen LogP contribution >= 0.6 is 0 Å². The van der Waals surface area contributed by atoms with E-state index in [-0.39, 0.29) is 5.41 Å². The average Bonchev–Trinajstić information content (AvgIpc) is 2.35. The molecule has 3 atom stereocenters. The van der Waals surface area contributed by atoms with Gasteiger partial charge in [-0.25, -0.2) is 0 Å². The molecule has 0 aromatic rings. The number of rotatable bonds is 3. The minimum Gasteiger partial charge on any atom is -0.389 e. The van der Waals surface area contributed by atoms with E-state index in [9.17, 15) is 9.90 Å². The van der Waals surface area contributed by atoms with Crippen LogP contribution < -0.4 is 0 Å². The number of carbonyl (C=O) groups excluding carboxylic acids is 1. The summed E-state index contributed by atoms with van der Waals surface area (Å²) in [7, 11) is 0. The summed E-state index contributed by atoms with van der Waals surface area (Å²) in [5.41, 5.74) is -0.197. The van der Waals surface area contributed by atoms with Gasteiger partial charge in [0.25, 0.3) is 0 Å². The maximum Gasteiger partial charge on any atom is 0.222 e. The molecule has 1 heterocycles. The predicted molar refractivity (Wildman–Crippen MR) is 86.0 cm³/mol. The van der Waals surface area contributed by atoms with E-state index in [1.54, 1.807) is 0 Å². The van der Waals surface area contributed by atoms with Crippen molar-refractivity contribution in [1.82, 2.24) is 4.90 Å². The number of likely N-dealkylation sites (tertiary alicyclic amines) is 1. The van der Waals surface area contributed by atoms with Crippen LogP contribution in [0.1, 0.15) is 72.6 Å². The molecule has 2 fully saturated rings. The molecule has 21 heavy (non-hydrogen) atoms. The molecule has 1 amide bonds. The van der Waals surface area contributed by atoms with Crippen molar-refractivity contribution in [2.24, 2.45) is 17.3 Å². The Balaban J connectivity index is 1.87. The number of fused-ring (bicyclic) bond motifs is 1. The summed E-state index contributed by atoms with van der Waals surface area (Å²) in [5, 5.41) is 10.7. The van der Waals surface area contributed by atoms with Gasteiger partial charge in [0.05, 0.1) is 5.60 Å². The predicted octanol–water partition coefficient (Wildman–Crippen LogP) is 3.60. The number of piperidine rings is 1. The monoisotopic (exact) mass is 295 g/mol. The van der Waals surface area contributed by atoms with Gasteiger partial charge in [-0.1, -0.05) is 40.5 Å². The van der Waals surface area contributed by atoms with Gasteiger partial charge >= 0.3 is 0 Å². The maximum absolute atomic E-state index is 12.5. The van der Waals surface area contributed by atoms with E-state index in [0.717, 1.165) is 45.2 Å². The first kappa shape index (κ1) is 16.8. The zero-order valence-corrected chi connectivity index (χ0v) is 14.3. The van der Waals surface area contributed by atoms with Gasteiger partial charge in [0.15, 0.2) is 0 Å². The molecule has 1 saturated heterocycles. The number of aliphatic hydroxyl groups is 1. The number of carbonyl (C=O) groups is 1. The zero-order chi connectivity index (χ0) is 15.7. The van der Waals surface area contributed by atoms with Crippen molar-refractivity contribution < 1.29 is 9.90 Å². The van der Waals surface area contributed by atoms with E-state index < -0.39 is 5.60 Å². The quantitative estimate of drug-likeness (QED) is 0.864. The summed E-state index contributed by atoms with van der Waals surface area (Å²) in [6.07, 6.45) is 6.87. The first-order valence-electron chi connectivity index (χ1n) is 8.70. The molecule has 0 aromatic carbocycles. The van der Waals surface area contributed by atoms with Crippen LogP contribution in [0, 0.1) is 17.3 Å². The maximum atomic E-state index is 12.5. The molecule has 1 aliphatic carbocycles. The van der Waals surface area contributed by atoms with Crippen molar-refractivity contribution in [3.8, 4) is 0 Å². The molecule has 0 aromatic heterocycles. The Bertz CT molecular complexity index is 374. The highest BCUT2D eigenvalue weighted by Gasteiger charge is 2.43. The summed E-state index contributed by atoms with van der Waals surface area (Å²) in [4.78, 5) is 14.5. The van der Waals surface area contributed by atoms with Gasteiger partial charge < -0.3 is 10.0 Å². The third-order valence-corrected chi connectivity index (χ3v) is 5.26. The van der Waals surface area contributed by atoms with Crippen LogP contribution in [0.5, 0.6) is 0 Å². The Hall–Kier alpha value is -0.570. The third kappa shape index (κ3) is 4.45. The van der Waals surface area contributed by atoms with E-state index in [0.29, 0.717) is 24.2 Å². The van der Waals surface area contributed by atoms with Gasteiger partial charge in [-0.05, 0) is 37.0 Å². The topological polar surface area (TPSA) is 40.5 Å². The highest BCUT2D eigenvalue weighted by molar-refractivity contribution is 5.76. The molecular weight excluding hydrogens is 262 g/mol. The van der Waals surface area contributed by atoms with Crippen molar-refractivity contribution in [2.45, 2.75) is 78.2 Å². The van der Waals surface area contributed by atoms with Crippen LogP contribution in [0.25, 0.3) is 0 Å². The number of nitrogens with zero attached hydrogens (tertiary/aromatic N) is 1. The molecule has 122 valence electrons. The fourth-order valence-electron chi connectivity index (χ4n) is 4.34. The minimum atomic E-state index is -0.480. The lowest BCUT2D eigenvalue weighted by Crippen LogP contribution is -2.54. The number of hydrogen-bond donors (Lipinski definition) is 1. The highest BCUT2D eigenvalue weighted by Crippen LogP contribution is 2.40. The van der Waals surface area contributed by atoms with Crippen molar-refractivity contribution >= 4 is 5.91 Å². The van der Waals surface area contributed by atoms with E-state index in [1.807, 2.05) is 4.90 Å². The van der Waals surface area contributed by atoms with E-state index in [2.05, 4.69) is 27.7 Å². The lowest BCUT2D eigenvalue weighted by molar-refractivity contribution is -0.144. The van der Waals surface area contributed by atoms with Crippen molar-refractivity contribution in [3.63, 3.8) is 0 Å². The van der Waals surface area contributed by atoms with Crippen LogP contribution in [0.2, 0.25) is 0 Å². The Morgan fingerprint density at radius 3 is 2.71 bits per heavy atom. The molecule has 2 aliphatic rings. The molecule has 3 heteroatoms. The highest BCUT2D eigenvalue weighted by atomic mass is 16.3. The molecule has 1 saturated carbocycles. The fourth-order valence-corrected chi connectivity index (χ4v) is 4.34. The average molecular weight is 295 g/mol. The van der Waals surface area contributed by atoms with E-state index in [4.69, 9.17) is 0 Å². The Morgan fingerprint density at radius 1 is 1.33 bits per heavy atom. The van der Waals surface area contributed by atoms with Crippen molar-refractivity contribution in [1.29, 1.82) is 0 Å². The van der Waals surface area contributed by atoms with Gasteiger partial charge in [-0.2, -0.15) is 0 Å². The summed E-state index contributed by atoms with van der Waals surface area (Å²) >= 11 is 0. The van der Waals surface area contributed by atoms with Crippen molar-refractivity contribution in [2.75, 3.05) is 13.1 Å². The summed E-state index contributed by atoms with van der Waals surface area (Å²) in [6.45, 7) is 10.4. The largest absolute Gasteiger partial charge is 0.389 e. The Kier molecular flexibility index (Phi) is 5.02. The van der Waals surface area contributed by atoms with Gasteiger partial charge in [-0.15, -0.1) is 0 Å². The lowest BCUT2D eigenvalue weighted by atomic mass is 9.71. The van der Waals surface area contributed by atoms with E-state index in [1.165, 1.54) is 6.42 Å². The molecule has 1 aliphatic heterocycles. The molecular formula is C18H33NO2. The molecule has 3 unspecified atom stereocenters. The second kappa shape index (κ2) is 6.28. The van der Waals surface area contributed by atoms with Crippen LogP contribution in [0.3, 0.4) is 0 Å². The molecule has 0 radical (unpaired) electrons. The molecule has 0 spiro atoms. The Labute approximate surface area is 130 Å². The first-order valence-corrected chi connectivity index (χ1v) is 8.70. The summed E-state index contributed by atoms with van der Waals surface area (Å²) in [6, 6.07) is 0. The lowest BCUT2D eigenvalue weighted by Gasteiger charge is -2.47. The van der Waals surface area contributed by atoms with Crippen LogP contribution in [0.4, 0.5) is 0 Å². The van der Waals surface area contributed by atoms with Crippen molar-refractivity contribution in [3.05, 3.63) is 0 Å². The third-order valence-electron chi connectivity index (χ3n) is 5.26. The molecule has 2 rings (SSSR count). The van der Waals surface area contributed by atoms with Gasteiger partial charge in [0, 0.05) is 25.4 Å². The summed E-state index contributed by atoms with van der Waals surface area (Å²) in [5.74, 6) is 1.03. The van der Waals surface area contributed by atoms with E-state index >= 15 is 0 Å². The fraction of sp³-hybridized carbons (Fsp3) is 0.944. The number of hydrogen-bond acceptors (Lipinski definition) is 2. The van der Waals surface area contributed by atoms with Gasteiger partial charge in [0.1, 0.15) is 0 Å². The van der Waals surface area contributed by atoms with Gasteiger partial charge in [0.2, 0.25) is 5.91 Å². The standard InChI is InChI=1S/C18H33NO2/c1-14(12-17(2,3)4)11-16(20)19-10-9-18(21)8-6-5-7-15(18)13-19/h14-15,21H,5-13H2,1-4H3. The first-order chi connectivity index (χ1) is 9.70. The van der Waals surface area contributed by atoms with Crippen LogP contribution in [-0.4, -0.2) is 34.6 Å². The summed E-state index contributed by atoms with van der Waals surface area (Å²) < 4.78 is 0. The van der Waals surface area contributed by atoms with Crippen LogP contribution in [0.15, 0.2) is 0 Å². The second-order valence-corrected chi connectivity index (χ2v) is 8.71. The van der Waals surface area contributed by atoms with Crippen LogP contribution in [-0.2, 0) is 4.79 Å². The number of amides is 1. The zero-order valence-electron chi connectivity index (χ0n) is 14.3. The SMILES string of the molecule is CC(CC(=O)N1CCC2(O)CCCCC2C1)CC(C)(C)C. The minimum absolute atomic E-state index is 0.283. The normalized spacial score (nSPS) is 31.7. The van der Waals surface area contributed by atoms with Gasteiger partial charge in [-0.3, -0.25) is 4.79 Å². The second-order valence-electron chi connectivity index (χ2n) is 8.71. The molecule has 3 nitrogen and oxygen atoms in total. The molecule has 1 N–H and O–H groups in total. The Morgan fingerprint density at radius 2 is 2.05 bits per heavy atom. The molecule has 0 bridgehead atoms. The smallest absolute Gasteiger partial charge is 0.222 e.